The van der Waals surface area contributed by atoms with Crippen LogP contribution in [0.25, 0.3) is 0 Å². The second-order valence-corrected chi connectivity index (χ2v) is 4.55. The predicted molar refractivity (Wildman–Crippen MR) is 68.6 cm³/mol. The molecule has 0 amide bonds. The molecule has 0 aliphatic carbocycles. The first-order chi connectivity index (χ1) is 8.65. The van der Waals surface area contributed by atoms with Gasteiger partial charge in [0.2, 0.25) is 0 Å². The second-order valence-electron chi connectivity index (χ2n) is 4.55. The van der Waals surface area contributed by atoms with Crippen molar-refractivity contribution in [3.63, 3.8) is 0 Å². The number of ether oxygens (including phenoxy) is 1. The van der Waals surface area contributed by atoms with E-state index < -0.39 is 11.6 Å². The highest BCUT2D eigenvalue weighted by Gasteiger charge is 2.09. The SMILES string of the molecule is COCCNCC(C)CCc1cccc(F)c1F. The van der Waals surface area contributed by atoms with Crippen molar-refractivity contribution in [3.05, 3.63) is 35.4 Å². The Morgan fingerprint density at radius 3 is 2.83 bits per heavy atom. The Labute approximate surface area is 107 Å². The smallest absolute Gasteiger partial charge is 0.162 e. The van der Waals surface area contributed by atoms with Gasteiger partial charge in [0.05, 0.1) is 6.61 Å². The zero-order valence-corrected chi connectivity index (χ0v) is 11.0. The summed E-state index contributed by atoms with van der Waals surface area (Å²) in [6.07, 6.45) is 1.40. The van der Waals surface area contributed by atoms with E-state index in [2.05, 4.69) is 12.2 Å². The van der Waals surface area contributed by atoms with Crippen LogP contribution >= 0.6 is 0 Å². The van der Waals surface area contributed by atoms with Gasteiger partial charge < -0.3 is 10.1 Å². The van der Waals surface area contributed by atoms with Gasteiger partial charge in [-0.3, -0.25) is 0 Å². The molecule has 102 valence electrons. The molecule has 0 aliphatic rings. The van der Waals surface area contributed by atoms with E-state index in [0.29, 0.717) is 24.5 Å². The molecule has 0 saturated carbocycles. The number of methoxy groups -OCH3 is 1. The summed E-state index contributed by atoms with van der Waals surface area (Å²) < 4.78 is 31.3. The minimum absolute atomic E-state index is 0.421. The third kappa shape index (κ3) is 5.10. The van der Waals surface area contributed by atoms with Crippen LogP contribution in [0.3, 0.4) is 0 Å². The van der Waals surface area contributed by atoms with Crippen LogP contribution in [-0.4, -0.2) is 26.8 Å². The van der Waals surface area contributed by atoms with Crippen LogP contribution in [0.4, 0.5) is 8.78 Å². The Morgan fingerprint density at radius 1 is 1.33 bits per heavy atom. The van der Waals surface area contributed by atoms with Gasteiger partial charge in [-0.1, -0.05) is 19.1 Å². The van der Waals surface area contributed by atoms with E-state index in [0.717, 1.165) is 25.6 Å². The Kier molecular flexibility index (Phi) is 6.83. The highest BCUT2D eigenvalue weighted by Crippen LogP contribution is 2.15. The van der Waals surface area contributed by atoms with Gasteiger partial charge in [0.1, 0.15) is 0 Å². The van der Waals surface area contributed by atoms with Crippen molar-refractivity contribution in [2.24, 2.45) is 5.92 Å². The number of halogens is 2. The molecular weight excluding hydrogens is 236 g/mol. The van der Waals surface area contributed by atoms with Crippen molar-refractivity contribution in [2.45, 2.75) is 19.8 Å². The molecule has 0 bridgehead atoms. The molecule has 0 saturated heterocycles. The quantitative estimate of drug-likeness (QED) is 0.723. The first-order valence-electron chi connectivity index (χ1n) is 6.27. The van der Waals surface area contributed by atoms with Crippen LogP contribution in [0.2, 0.25) is 0 Å². The molecule has 0 heterocycles. The molecule has 4 heteroatoms. The molecule has 0 fully saturated rings. The molecule has 1 aromatic carbocycles. The number of hydrogen-bond acceptors (Lipinski definition) is 2. The third-order valence-corrected chi connectivity index (χ3v) is 2.91. The van der Waals surface area contributed by atoms with Gasteiger partial charge in [0.25, 0.3) is 0 Å². The van der Waals surface area contributed by atoms with E-state index in [-0.39, 0.29) is 0 Å². The minimum atomic E-state index is -0.765. The maximum absolute atomic E-state index is 13.4. The highest BCUT2D eigenvalue weighted by molar-refractivity contribution is 5.18. The molecule has 18 heavy (non-hydrogen) atoms. The first kappa shape index (κ1) is 15.1. The predicted octanol–water partition coefficient (Wildman–Crippen LogP) is 2.77. The van der Waals surface area contributed by atoms with Crippen molar-refractivity contribution in [1.82, 2.24) is 5.32 Å². The monoisotopic (exact) mass is 257 g/mol. The van der Waals surface area contributed by atoms with Crippen LogP contribution in [-0.2, 0) is 11.2 Å². The largest absolute Gasteiger partial charge is 0.383 e. The van der Waals surface area contributed by atoms with E-state index in [1.165, 1.54) is 0 Å². The average Bonchev–Trinajstić information content (AvgIpc) is 2.36. The third-order valence-electron chi connectivity index (χ3n) is 2.91. The zero-order valence-electron chi connectivity index (χ0n) is 11.0. The lowest BCUT2D eigenvalue weighted by atomic mass is 10.0. The molecule has 1 aromatic rings. The minimum Gasteiger partial charge on any atom is -0.383 e. The van der Waals surface area contributed by atoms with Gasteiger partial charge in [-0.05, 0) is 36.9 Å². The number of aryl methyl sites for hydroxylation is 1. The van der Waals surface area contributed by atoms with E-state index in [9.17, 15) is 8.78 Å². The van der Waals surface area contributed by atoms with Crippen molar-refractivity contribution in [3.8, 4) is 0 Å². The number of benzene rings is 1. The normalized spacial score (nSPS) is 12.7. The lowest BCUT2D eigenvalue weighted by molar-refractivity contribution is 0.198. The summed E-state index contributed by atoms with van der Waals surface area (Å²) in [5, 5.41) is 3.26. The molecule has 1 atom stereocenters. The van der Waals surface area contributed by atoms with E-state index >= 15 is 0 Å². The van der Waals surface area contributed by atoms with Crippen molar-refractivity contribution < 1.29 is 13.5 Å². The van der Waals surface area contributed by atoms with Crippen molar-refractivity contribution in [2.75, 3.05) is 26.8 Å². The summed E-state index contributed by atoms with van der Waals surface area (Å²) in [4.78, 5) is 0. The molecule has 1 rings (SSSR count). The summed E-state index contributed by atoms with van der Waals surface area (Å²) in [5.41, 5.74) is 0.457. The lowest BCUT2D eigenvalue weighted by Gasteiger charge is -2.12. The second kappa shape index (κ2) is 8.16. The standard InChI is InChI=1S/C14H21F2NO/c1-11(10-17-8-9-18-2)6-7-12-4-3-5-13(15)14(12)16/h3-5,11,17H,6-10H2,1-2H3. The van der Waals surface area contributed by atoms with Gasteiger partial charge in [0.15, 0.2) is 11.6 Å². The highest BCUT2D eigenvalue weighted by atomic mass is 19.2. The topological polar surface area (TPSA) is 21.3 Å². The maximum atomic E-state index is 13.4. The van der Waals surface area contributed by atoms with Gasteiger partial charge in [0, 0.05) is 13.7 Å². The van der Waals surface area contributed by atoms with Gasteiger partial charge in [-0.15, -0.1) is 0 Å². The number of rotatable bonds is 8. The molecule has 0 radical (unpaired) electrons. The summed E-state index contributed by atoms with van der Waals surface area (Å²) in [7, 11) is 1.66. The summed E-state index contributed by atoms with van der Waals surface area (Å²) in [6.45, 7) is 4.46. The molecule has 2 nitrogen and oxygen atoms in total. The first-order valence-corrected chi connectivity index (χ1v) is 6.27. The Hall–Kier alpha value is -1.00. The van der Waals surface area contributed by atoms with E-state index in [1.807, 2.05) is 0 Å². The fourth-order valence-electron chi connectivity index (χ4n) is 1.77. The Bertz CT molecular complexity index is 358. The Balaban J connectivity index is 2.29. The van der Waals surface area contributed by atoms with Crippen LogP contribution in [0, 0.1) is 17.6 Å². The van der Waals surface area contributed by atoms with E-state index in [4.69, 9.17) is 4.74 Å². The fourth-order valence-corrected chi connectivity index (χ4v) is 1.77. The number of hydrogen-bond donors (Lipinski definition) is 1. The molecule has 0 aromatic heterocycles. The van der Waals surface area contributed by atoms with Gasteiger partial charge in [-0.25, -0.2) is 8.78 Å². The van der Waals surface area contributed by atoms with Crippen LogP contribution in [0.5, 0.6) is 0 Å². The molecule has 1 unspecified atom stereocenters. The van der Waals surface area contributed by atoms with E-state index in [1.54, 1.807) is 19.2 Å². The number of nitrogens with one attached hydrogen (secondary N) is 1. The van der Waals surface area contributed by atoms with Crippen LogP contribution in [0.15, 0.2) is 18.2 Å². The van der Waals surface area contributed by atoms with Gasteiger partial charge in [-0.2, -0.15) is 0 Å². The van der Waals surface area contributed by atoms with Crippen LogP contribution < -0.4 is 5.32 Å². The molecule has 0 aliphatic heterocycles. The Morgan fingerprint density at radius 2 is 2.11 bits per heavy atom. The van der Waals surface area contributed by atoms with Gasteiger partial charge >= 0.3 is 0 Å². The average molecular weight is 257 g/mol. The summed E-state index contributed by atoms with van der Waals surface area (Å²) in [6, 6.07) is 4.34. The lowest BCUT2D eigenvalue weighted by Crippen LogP contribution is -2.25. The van der Waals surface area contributed by atoms with Crippen molar-refractivity contribution >= 4 is 0 Å². The zero-order chi connectivity index (χ0) is 13.4. The summed E-state index contributed by atoms with van der Waals surface area (Å²) >= 11 is 0. The summed E-state index contributed by atoms with van der Waals surface area (Å²) in [5.74, 6) is -1.06. The molecular formula is C14H21F2NO. The van der Waals surface area contributed by atoms with Crippen LogP contribution in [0.1, 0.15) is 18.9 Å². The molecule has 1 N–H and O–H groups in total. The maximum Gasteiger partial charge on any atom is 0.162 e. The molecule has 0 spiro atoms. The fraction of sp³-hybridized carbons (Fsp3) is 0.571. The van der Waals surface area contributed by atoms with Crippen molar-refractivity contribution in [1.29, 1.82) is 0 Å².